The number of rotatable bonds is 2. The van der Waals surface area contributed by atoms with Crippen molar-refractivity contribution in [3.8, 4) is 0 Å². The van der Waals surface area contributed by atoms with Crippen molar-refractivity contribution in [3.63, 3.8) is 0 Å². The van der Waals surface area contributed by atoms with E-state index in [4.69, 9.17) is 5.11 Å². The molecule has 3 N–H and O–H groups in total. The number of carbonyl (C=O) groups excluding carboxylic acids is 1. The van der Waals surface area contributed by atoms with E-state index >= 15 is 0 Å². The molecule has 2 aliphatic rings. The number of nitrogens with one attached hydrogen (secondary N) is 2. The zero-order chi connectivity index (χ0) is 11.5. The van der Waals surface area contributed by atoms with Gasteiger partial charge >= 0.3 is 5.97 Å². The first-order chi connectivity index (χ1) is 7.66. The molecular formula is C11H14N2O3. The van der Waals surface area contributed by atoms with Crippen molar-refractivity contribution in [1.82, 2.24) is 10.6 Å². The normalized spacial score (nSPS) is 28.2. The average molecular weight is 222 g/mol. The number of amides is 1. The number of allylic oxidation sites excluding steroid dienone is 3. The molecular weight excluding hydrogens is 208 g/mol. The van der Waals surface area contributed by atoms with Gasteiger partial charge in [0, 0.05) is 18.2 Å². The van der Waals surface area contributed by atoms with Gasteiger partial charge in [-0.1, -0.05) is 12.2 Å². The third-order valence-electron chi connectivity index (χ3n) is 2.83. The fraction of sp³-hybridized carbons (Fsp3) is 0.455. The minimum Gasteiger partial charge on any atom is -0.481 e. The molecule has 1 aliphatic heterocycles. The Morgan fingerprint density at radius 3 is 3.12 bits per heavy atom. The lowest BCUT2D eigenvalue weighted by Gasteiger charge is -2.20. The number of fused-ring (bicyclic) bond motifs is 1. The van der Waals surface area contributed by atoms with Crippen LogP contribution in [0, 0.1) is 5.92 Å². The number of hydrogen-bond acceptors (Lipinski definition) is 3. The lowest BCUT2D eigenvalue weighted by Crippen LogP contribution is -2.41. The van der Waals surface area contributed by atoms with Crippen LogP contribution in [0.3, 0.4) is 0 Å². The van der Waals surface area contributed by atoms with Gasteiger partial charge in [-0.2, -0.15) is 0 Å². The van der Waals surface area contributed by atoms with Gasteiger partial charge in [-0.25, -0.2) is 0 Å². The van der Waals surface area contributed by atoms with Crippen LogP contribution in [0.5, 0.6) is 0 Å². The summed E-state index contributed by atoms with van der Waals surface area (Å²) in [6, 6.07) is -0.666. The van der Waals surface area contributed by atoms with E-state index in [0.29, 0.717) is 6.54 Å². The van der Waals surface area contributed by atoms with E-state index in [1.807, 2.05) is 18.2 Å². The first-order valence-electron chi connectivity index (χ1n) is 5.29. The van der Waals surface area contributed by atoms with Crippen molar-refractivity contribution < 1.29 is 14.7 Å². The topological polar surface area (TPSA) is 78.4 Å². The molecule has 0 aromatic rings. The Bertz CT molecular complexity index is 373. The molecule has 0 spiro atoms. The molecule has 0 saturated carbocycles. The summed E-state index contributed by atoms with van der Waals surface area (Å²) < 4.78 is 0. The SMILES string of the molecule is O=C(O)CC1NC2=CC=CCC2CNC1=O. The largest absolute Gasteiger partial charge is 0.481 e. The molecule has 2 unspecified atom stereocenters. The first kappa shape index (κ1) is 10.7. The summed E-state index contributed by atoms with van der Waals surface area (Å²) >= 11 is 0. The van der Waals surface area contributed by atoms with Gasteiger partial charge in [0.05, 0.1) is 6.42 Å². The predicted molar refractivity (Wildman–Crippen MR) is 57.5 cm³/mol. The molecule has 0 aromatic heterocycles. The highest BCUT2D eigenvalue weighted by molar-refractivity contribution is 5.86. The Hall–Kier alpha value is -1.78. The number of carbonyl (C=O) groups is 2. The Morgan fingerprint density at radius 1 is 1.56 bits per heavy atom. The number of hydrogen-bond donors (Lipinski definition) is 3. The maximum Gasteiger partial charge on any atom is 0.305 e. The van der Waals surface area contributed by atoms with Gasteiger partial charge in [0.1, 0.15) is 6.04 Å². The fourth-order valence-electron chi connectivity index (χ4n) is 1.97. The Kier molecular flexibility index (Phi) is 2.94. The summed E-state index contributed by atoms with van der Waals surface area (Å²) in [5.41, 5.74) is 0.951. The molecule has 1 aliphatic carbocycles. The van der Waals surface area contributed by atoms with Gasteiger partial charge in [0.2, 0.25) is 5.91 Å². The third-order valence-corrected chi connectivity index (χ3v) is 2.83. The maximum absolute atomic E-state index is 11.6. The lowest BCUT2D eigenvalue weighted by molar-refractivity contribution is -0.139. The number of carboxylic acids is 1. The minimum absolute atomic E-state index is 0.195. The summed E-state index contributed by atoms with van der Waals surface area (Å²) in [6.45, 7) is 0.568. The van der Waals surface area contributed by atoms with E-state index in [2.05, 4.69) is 10.6 Å². The van der Waals surface area contributed by atoms with Crippen molar-refractivity contribution >= 4 is 11.9 Å². The standard InChI is InChI=1S/C11H14N2O3/c14-10(15)5-9-11(16)12-6-7-3-1-2-4-8(7)13-9/h1-2,4,7,9,13H,3,5-6H2,(H,12,16)(H,14,15). The Morgan fingerprint density at radius 2 is 2.38 bits per heavy atom. The number of aliphatic carboxylic acids is 1. The molecule has 2 rings (SSSR count). The molecule has 1 saturated heterocycles. The highest BCUT2D eigenvalue weighted by Gasteiger charge is 2.29. The highest BCUT2D eigenvalue weighted by Crippen LogP contribution is 2.20. The van der Waals surface area contributed by atoms with Crippen molar-refractivity contribution in [2.24, 2.45) is 5.92 Å². The molecule has 1 amide bonds. The molecule has 0 bridgehead atoms. The van der Waals surface area contributed by atoms with Gasteiger partial charge in [-0.3, -0.25) is 9.59 Å². The van der Waals surface area contributed by atoms with E-state index in [1.54, 1.807) is 0 Å². The lowest BCUT2D eigenvalue weighted by atomic mass is 9.97. The van der Waals surface area contributed by atoms with Crippen LogP contribution < -0.4 is 10.6 Å². The molecule has 1 heterocycles. The van der Waals surface area contributed by atoms with E-state index in [-0.39, 0.29) is 18.2 Å². The second-order valence-electron chi connectivity index (χ2n) is 4.02. The van der Waals surface area contributed by atoms with Crippen LogP contribution in [-0.2, 0) is 9.59 Å². The maximum atomic E-state index is 11.6. The van der Waals surface area contributed by atoms with Crippen LogP contribution >= 0.6 is 0 Å². The van der Waals surface area contributed by atoms with Crippen LogP contribution in [0.1, 0.15) is 12.8 Å². The van der Waals surface area contributed by atoms with Gasteiger partial charge < -0.3 is 15.7 Å². The fourth-order valence-corrected chi connectivity index (χ4v) is 1.97. The Labute approximate surface area is 93.2 Å². The van der Waals surface area contributed by atoms with E-state index < -0.39 is 12.0 Å². The summed E-state index contributed by atoms with van der Waals surface area (Å²) in [5.74, 6) is -0.969. The highest BCUT2D eigenvalue weighted by atomic mass is 16.4. The van der Waals surface area contributed by atoms with Crippen LogP contribution in [0.2, 0.25) is 0 Å². The van der Waals surface area contributed by atoms with Crippen LogP contribution in [0.4, 0.5) is 0 Å². The number of carboxylic acid groups (broad SMARTS) is 1. The molecule has 1 fully saturated rings. The molecule has 5 nitrogen and oxygen atoms in total. The van der Waals surface area contributed by atoms with Crippen molar-refractivity contribution in [2.75, 3.05) is 6.54 Å². The van der Waals surface area contributed by atoms with Gasteiger partial charge in [0.25, 0.3) is 0 Å². The van der Waals surface area contributed by atoms with Crippen molar-refractivity contribution in [3.05, 3.63) is 23.9 Å². The smallest absolute Gasteiger partial charge is 0.305 e. The van der Waals surface area contributed by atoms with E-state index in [1.165, 1.54) is 0 Å². The average Bonchev–Trinajstić information content (AvgIpc) is 2.39. The Balaban J connectivity index is 2.14. The second kappa shape index (κ2) is 4.38. The molecule has 2 atom stereocenters. The monoisotopic (exact) mass is 222 g/mol. The summed E-state index contributed by atoms with van der Waals surface area (Å²) in [5, 5.41) is 14.5. The predicted octanol–water partition coefficient (Wildman–Crippen LogP) is 0.00910. The van der Waals surface area contributed by atoms with E-state index in [9.17, 15) is 9.59 Å². The molecule has 16 heavy (non-hydrogen) atoms. The molecule has 0 aromatic carbocycles. The van der Waals surface area contributed by atoms with Gasteiger partial charge in [0.15, 0.2) is 0 Å². The summed E-state index contributed by atoms with van der Waals surface area (Å²) in [7, 11) is 0. The van der Waals surface area contributed by atoms with Crippen LogP contribution in [0.15, 0.2) is 23.9 Å². The van der Waals surface area contributed by atoms with Crippen LogP contribution in [0.25, 0.3) is 0 Å². The zero-order valence-electron chi connectivity index (χ0n) is 8.77. The first-order valence-corrected chi connectivity index (χ1v) is 5.29. The van der Waals surface area contributed by atoms with Crippen LogP contribution in [-0.4, -0.2) is 29.6 Å². The third kappa shape index (κ3) is 2.24. The molecule has 86 valence electrons. The molecule has 0 radical (unpaired) electrons. The quantitative estimate of drug-likeness (QED) is 0.615. The van der Waals surface area contributed by atoms with E-state index in [0.717, 1.165) is 12.1 Å². The van der Waals surface area contributed by atoms with Gasteiger partial charge in [-0.05, 0) is 12.5 Å². The van der Waals surface area contributed by atoms with Gasteiger partial charge in [-0.15, -0.1) is 0 Å². The zero-order valence-corrected chi connectivity index (χ0v) is 8.77. The summed E-state index contributed by atoms with van der Waals surface area (Å²) in [6.07, 6.45) is 6.55. The minimum atomic E-state index is -0.974. The second-order valence-corrected chi connectivity index (χ2v) is 4.02. The van der Waals surface area contributed by atoms with Crippen molar-refractivity contribution in [1.29, 1.82) is 0 Å². The van der Waals surface area contributed by atoms with Crippen molar-refractivity contribution in [2.45, 2.75) is 18.9 Å². The summed E-state index contributed by atoms with van der Waals surface area (Å²) in [4.78, 5) is 22.2. The molecule has 5 heteroatoms.